The number of nitrogens with one attached hydrogen (secondary N) is 1. The van der Waals surface area contributed by atoms with E-state index in [9.17, 15) is 9.59 Å². The summed E-state index contributed by atoms with van der Waals surface area (Å²) >= 11 is 0. The average molecular weight is 308 g/mol. The van der Waals surface area contributed by atoms with E-state index in [2.05, 4.69) is 11.4 Å². The summed E-state index contributed by atoms with van der Waals surface area (Å²) in [7, 11) is 0. The van der Waals surface area contributed by atoms with Crippen molar-refractivity contribution in [2.75, 3.05) is 10.2 Å². The summed E-state index contributed by atoms with van der Waals surface area (Å²) in [5, 5.41) is 3.22. The van der Waals surface area contributed by atoms with E-state index < -0.39 is 6.04 Å². The van der Waals surface area contributed by atoms with Crippen LogP contribution in [0.5, 0.6) is 0 Å². The van der Waals surface area contributed by atoms with Gasteiger partial charge in [-0.05, 0) is 44.5 Å². The van der Waals surface area contributed by atoms with Gasteiger partial charge < -0.3 is 5.32 Å². The van der Waals surface area contributed by atoms with Crippen LogP contribution in [0.3, 0.4) is 0 Å². The molecule has 1 heterocycles. The van der Waals surface area contributed by atoms with Crippen LogP contribution in [-0.4, -0.2) is 17.9 Å². The summed E-state index contributed by atoms with van der Waals surface area (Å²) in [5.41, 5.74) is 4.86. The number of carbonyl (C=O) groups is 2. The molecular formula is C19H20N2O2. The van der Waals surface area contributed by atoms with Crippen molar-refractivity contribution in [3.8, 4) is 0 Å². The third-order valence-electron chi connectivity index (χ3n) is 4.15. The molecule has 0 radical (unpaired) electrons. The van der Waals surface area contributed by atoms with Gasteiger partial charge in [0.25, 0.3) is 5.91 Å². The zero-order valence-corrected chi connectivity index (χ0v) is 13.6. The molecule has 1 aliphatic rings. The number of hydrogen-bond donors (Lipinski definition) is 1. The summed E-state index contributed by atoms with van der Waals surface area (Å²) in [5.74, 6) is -0.361. The maximum atomic E-state index is 12.6. The Bertz CT molecular complexity index is 765. The maximum absolute atomic E-state index is 12.6. The molecule has 0 aliphatic carbocycles. The minimum absolute atomic E-state index is 0.166. The Morgan fingerprint density at radius 2 is 1.61 bits per heavy atom. The number of rotatable bonds is 3. The van der Waals surface area contributed by atoms with Crippen molar-refractivity contribution < 1.29 is 9.59 Å². The molecule has 0 spiro atoms. The van der Waals surface area contributed by atoms with Crippen molar-refractivity contribution >= 4 is 23.2 Å². The van der Waals surface area contributed by atoms with E-state index in [4.69, 9.17) is 0 Å². The Morgan fingerprint density at radius 1 is 0.957 bits per heavy atom. The van der Waals surface area contributed by atoms with E-state index in [0.29, 0.717) is 5.69 Å². The van der Waals surface area contributed by atoms with Gasteiger partial charge in [-0.1, -0.05) is 35.4 Å². The molecule has 23 heavy (non-hydrogen) atoms. The van der Waals surface area contributed by atoms with Crippen LogP contribution >= 0.6 is 0 Å². The number of nitrogens with zero attached hydrogens (tertiary/aromatic N) is 1. The molecule has 1 fully saturated rings. The monoisotopic (exact) mass is 308 g/mol. The summed E-state index contributed by atoms with van der Waals surface area (Å²) in [6.45, 7) is 6.00. The molecule has 0 aromatic heterocycles. The van der Waals surface area contributed by atoms with E-state index in [1.165, 1.54) is 10.5 Å². The summed E-state index contributed by atoms with van der Waals surface area (Å²) in [6, 6.07) is 12.9. The predicted octanol–water partition coefficient (Wildman–Crippen LogP) is 3.36. The largest absolute Gasteiger partial charge is 0.373 e. The lowest BCUT2D eigenvalue weighted by Crippen LogP contribution is -2.34. The first-order chi connectivity index (χ1) is 11.0. The zero-order chi connectivity index (χ0) is 16.6. The van der Waals surface area contributed by atoms with Crippen LogP contribution < -0.4 is 10.2 Å². The minimum atomic E-state index is -0.509. The normalized spacial score (nSPS) is 17.7. The first kappa shape index (κ1) is 15.3. The summed E-state index contributed by atoms with van der Waals surface area (Å²) in [4.78, 5) is 26.2. The summed E-state index contributed by atoms with van der Waals surface area (Å²) < 4.78 is 0. The van der Waals surface area contributed by atoms with E-state index in [0.717, 1.165) is 16.8 Å². The number of imide groups is 1. The van der Waals surface area contributed by atoms with Crippen LogP contribution in [0.15, 0.2) is 42.5 Å². The topological polar surface area (TPSA) is 49.4 Å². The number of carbonyl (C=O) groups excluding carboxylic acids is 2. The first-order valence-corrected chi connectivity index (χ1v) is 7.73. The SMILES string of the molecule is Cc1ccc(N2C(=O)C[C@@H](Nc3ccc(C)cc3C)C2=O)cc1. The highest BCUT2D eigenvalue weighted by molar-refractivity contribution is 6.23. The Hall–Kier alpha value is -2.62. The fourth-order valence-electron chi connectivity index (χ4n) is 2.87. The van der Waals surface area contributed by atoms with Crippen molar-refractivity contribution in [3.63, 3.8) is 0 Å². The molecule has 1 aliphatic heterocycles. The van der Waals surface area contributed by atoms with Crippen LogP contribution in [0.4, 0.5) is 11.4 Å². The van der Waals surface area contributed by atoms with Gasteiger partial charge in [0.2, 0.25) is 5.91 Å². The van der Waals surface area contributed by atoms with Gasteiger partial charge in [0, 0.05) is 5.69 Å². The minimum Gasteiger partial charge on any atom is -0.373 e. The van der Waals surface area contributed by atoms with Crippen molar-refractivity contribution in [2.24, 2.45) is 0 Å². The average Bonchev–Trinajstić information content (AvgIpc) is 2.78. The second-order valence-corrected chi connectivity index (χ2v) is 6.12. The van der Waals surface area contributed by atoms with Crippen LogP contribution in [0.2, 0.25) is 0 Å². The van der Waals surface area contributed by atoms with Crippen molar-refractivity contribution in [2.45, 2.75) is 33.2 Å². The highest BCUT2D eigenvalue weighted by atomic mass is 16.2. The molecule has 2 aromatic rings. The van der Waals surface area contributed by atoms with Crippen LogP contribution in [0.25, 0.3) is 0 Å². The molecule has 1 saturated heterocycles. The van der Waals surface area contributed by atoms with Crippen molar-refractivity contribution in [1.82, 2.24) is 0 Å². The zero-order valence-electron chi connectivity index (χ0n) is 13.6. The van der Waals surface area contributed by atoms with Crippen LogP contribution in [0.1, 0.15) is 23.1 Å². The van der Waals surface area contributed by atoms with Gasteiger partial charge in [-0.2, -0.15) is 0 Å². The van der Waals surface area contributed by atoms with Crippen LogP contribution in [-0.2, 0) is 9.59 Å². The lowest BCUT2D eigenvalue weighted by atomic mass is 10.1. The third kappa shape index (κ3) is 2.97. The number of aryl methyl sites for hydroxylation is 3. The second-order valence-electron chi connectivity index (χ2n) is 6.12. The fraction of sp³-hybridized carbons (Fsp3) is 0.263. The molecule has 1 atom stereocenters. The number of hydrogen-bond acceptors (Lipinski definition) is 3. The van der Waals surface area contributed by atoms with Crippen LogP contribution in [0, 0.1) is 20.8 Å². The second kappa shape index (κ2) is 5.88. The molecule has 0 bridgehead atoms. The standard InChI is InChI=1S/C19H20N2O2/c1-12-4-7-15(8-5-12)21-18(22)11-17(19(21)23)20-16-9-6-13(2)10-14(16)3/h4-10,17,20H,11H2,1-3H3/t17-/m1/s1. The molecule has 3 rings (SSSR count). The van der Waals surface area contributed by atoms with Gasteiger partial charge in [0.15, 0.2) is 0 Å². The maximum Gasteiger partial charge on any atom is 0.256 e. The Morgan fingerprint density at radius 3 is 2.26 bits per heavy atom. The van der Waals surface area contributed by atoms with Gasteiger partial charge in [0.05, 0.1) is 12.1 Å². The van der Waals surface area contributed by atoms with E-state index in [1.807, 2.05) is 57.2 Å². The van der Waals surface area contributed by atoms with Gasteiger partial charge in [-0.15, -0.1) is 0 Å². The Balaban J connectivity index is 1.82. The van der Waals surface area contributed by atoms with E-state index in [1.54, 1.807) is 0 Å². The fourth-order valence-corrected chi connectivity index (χ4v) is 2.87. The summed E-state index contributed by atoms with van der Waals surface area (Å²) in [6.07, 6.45) is 0.181. The molecular weight excluding hydrogens is 288 g/mol. The smallest absolute Gasteiger partial charge is 0.256 e. The third-order valence-corrected chi connectivity index (χ3v) is 4.15. The van der Waals surface area contributed by atoms with Crippen molar-refractivity contribution in [1.29, 1.82) is 0 Å². The lowest BCUT2D eigenvalue weighted by Gasteiger charge is -2.17. The quantitative estimate of drug-likeness (QED) is 0.885. The predicted molar refractivity (Wildman–Crippen MR) is 91.6 cm³/mol. The first-order valence-electron chi connectivity index (χ1n) is 7.73. The molecule has 2 amide bonds. The molecule has 4 nitrogen and oxygen atoms in total. The van der Waals surface area contributed by atoms with Gasteiger partial charge in [-0.3, -0.25) is 9.59 Å². The van der Waals surface area contributed by atoms with E-state index in [-0.39, 0.29) is 18.2 Å². The molecule has 0 saturated carbocycles. The molecule has 118 valence electrons. The van der Waals surface area contributed by atoms with Crippen molar-refractivity contribution in [3.05, 3.63) is 59.2 Å². The Labute approximate surface area is 136 Å². The number of amides is 2. The molecule has 2 aromatic carbocycles. The highest BCUT2D eigenvalue weighted by Gasteiger charge is 2.39. The van der Waals surface area contributed by atoms with Gasteiger partial charge >= 0.3 is 0 Å². The van der Waals surface area contributed by atoms with Gasteiger partial charge in [0.1, 0.15) is 6.04 Å². The molecule has 4 heteroatoms. The van der Waals surface area contributed by atoms with E-state index >= 15 is 0 Å². The lowest BCUT2D eigenvalue weighted by molar-refractivity contribution is -0.121. The molecule has 1 N–H and O–H groups in total. The number of anilines is 2. The highest BCUT2D eigenvalue weighted by Crippen LogP contribution is 2.26. The molecule has 0 unspecified atom stereocenters. The Kier molecular flexibility index (Phi) is 3.90. The van der Waals surface area contributed by atoms with Gasteiger partial charge in [-0.25, -0.2) is 4.90 Å². The number of benzene rings is 2.